The van der Waals surface area contributed by atoms with Crippen LogP contribution < -0.4 is 10.6 Å². The molecule has 2 N–H and O–H groups in total. The molecule has 1 rings (SSSR count). The molecule has 3 nitrogen and oxygen atoms in total. The second-order valence-electron chi connectivity index (χ2n) is 3.58. The van der Waals surface area contributed by atoms with Gasteiger partial charge in [0.2, 0.25) is 5.91 Å². The van der Waals surface area contributed by atoms with E-state index < -0.39 is 0 Å². The monoisotopic (exact) mass is 260 g/mol. The van der Waals surface area contributed by atoms with Gasteiger partial charge in [0.25, 0.3) is 0 Å². The molecular formula is C11H14Cl2N2O. The Kier molecular flexibility index (Phi) is 5.06. The molecule has 1 aromatic carbocycles. The number of amides is 1. The SMILES string of the molecule is CNCC(C)C(=O)Nc1ccc(Cl)c(Cl)c1. The van der Waals surface area contributed by atoms with Gasteiger partial charge < -0.3 is 10.6 Å². The van der Waals surface area contributed by atoms with Crippen LogP contribution in [0, 0.1) is 5.92 Å². The van der Waals surface area contributed by atoms with Crippen molar-refractivity contribution in [2.45, 2.75) is 6.92 Å². The van der Waals surface area contributed by atoms with Crippen molar-refractivity contribution in [2.24, 2.45) is 5.92 Å². The van der Waals surface area contributed by atoms with Crippen molar-refractivity contribution in [3.05, 3.63) is 28.2 Å². The highest BCUT2D eigenvalue weighted by Crippen LogP contribution is 2.25. The average Bonchev–Trinajstić information content (AvgIpc) is 2.24. The van der Waals surface area contributed by atoms with Crippen molar-refractivity contribution >= 4 is 34.8 Å². The molecule has 0 aliphatic heterocycles. The lowest BCUT2D eigenvalue weighted by atomic mass is 10.1. The van der Waals surface area contributed by atoms with Gasteiger partial charge in [-0.15, -0.1) is 0 Å². The Labute approximate surface area is 105 Å². The summed E-state index contributed by atoms with van der Waals surface area (Å²) < 4.78 is 0. The smallest absolute Gasteiger partial charge is 0.228 e. The highest BCUT2D eigenvalue weighted by atomic mass is 35.5. The molecule has 0 saturated heterocycles. The minimum absolute atomic E-state index is 0.0484. The third-order valence-electron chi connectivity index (χ3n) is 2.15. The lowest BCUT2D eigenvalue weighted by molar-refractivity contribution is -0.119. The first-order valence-corrected chi connectivity index (χ1v) is 5.70. The van der Waals surface area contributed by atoms with Crippen LogP contribution >= 0.6 is 23.2 Å². The van der Waals surface area contributed by atoms with Crippen molar-refractivity contribution in [2.75, 3.05) is 18.9 Å². The second-order valence-corrected chi connectivity index (χ2v) is 4.39. The Morgan fingerprint density at radius 1 is 1.38 bits per heavy atom. The van der Waals surface area contributed by atoms with Gasteiger partial charge >= 0.3 is 0 Å². The van der Waals surface area contributed by atoms with Crippen molar-refractivity contribution < 1.29 is 4.79 Å². The Morgan fingerprint density at radius 2 is 2.06 bits per heavy atom. The minimum Gasteiger partial charge on any atom is -0.326 e. The zero-order valence-corrected chi connectivity index (χ0v) is 10.7. The van der Waals surface area contributed by atoms with E-state index in [0.29, 0.717) is 22.3 Å². The number of halogens is 2. The maximum absolute atomic E-state index is 11.7. The molecule has 0 fully saturated rings. The molecule has 0 heterocycles. The largest absolute Gasteiger partial charge is 0.326 e. The molecule has 0 aliphatic rings. The zero-order chi connectivity index (χ0) is 12.1. The summed E-state index contributed by atoms with van der Waals surface area (Å²) in [5.74, 6) is -0.146. The molecule has 1 unspecified atom stereocenters. The van der Waals surface area contributed by atoms with E-state index in [1.54, 1.807) is 18.2 Å². The summed E-state index contributed by atoms with van der Waals surface area (Å²) in [7, 11) is 1.81. The van der Waals surface area contributed by atoms with Gasteiger partial charge in [-0.2, -0.15) is 0 Å². The van der Waals surface area contributed by atoms with E-state index in [0.717, 1.165) is 0 Å². The maximum atomic E-state index is 11.7. The number of nitrogens with one attached hydrogen (secondary N) is 2. The summed E-state index contributed by atoms with van der Waals surface area (Å²) in [4.78, 5) is 11.7. The molecule has 1 atom stereocenters. The van der Waals surface area contributed by atoms with Gasteiger partial charge in [-0.1, -0.05) is 30.1 Å². The number of carbonyl (C=O) groups is 1. The number of rotatable bonds is 4. The third-order valence-corrected chi connectivity index (χ3v) is 2.88. The summed E-state index contributed by atoms with van der Waals surface area (Å²) in [6.45, 7) is 2.48. The highest BCUT2D eigenvalue weighted by molar-refractivity contribution is 6.42. The molecule has 88 valence electrons. The lowest BCUT2D eigenvalue weighted by Gasteiger charge is -2.11. The second kappa shape index (κ2) is 6.09. The standard InChI is InChI=1S/C11H14Cl2N2O/c1-7(6-14-2)11(16)15-8-3-4-9(12)10(13)5-8/h3-5,7,14H,6H2,1-2H3,(H,15,16). The molecule has 1 aromatic rings. The predicted molar refractivity (Wildman–Crippen MR) is 68.2 cm³/mol. The molecule has 0 spiro atoms. The quantitative estimate of drug-likeness (QED) is 0.875. The van der Waals surface area contributed by atoms with Crippen LogP contribution in [0.2, 0.25) is 10.0 Å². The van der Waals surface area contributed by atoms with Crippen LogP contribution in [0.5, 0.6) is 0 Å². The molecular weight excluding hydrogens is 247 g/mol. The number of carbonyl (C=O) groups excluding carboxylic acids is 1. The Bertz CT molecular complexity index is 382. The molecule has 0 aliphatic carbocycles. The first kappa shape index (κ1) is 13.3. The number of benzene rings is 1. The Hall–Kier alpha value is -0.770. The number of hydrogen-bond acceptors (Lipinski definition) is 2. The molecule has 16 heavy (non-hydrogen) atoms. The van der Waals surface area contributed by atoms with Crippen LogP contribution in [0.4, 0.5) is 5.69 Å². The maximum Gasteiger partial charge on any atom is 0.228 e. The fourth-order valence-corrected chi connectivity index (χ4v) is 1.54. The van der Waals surface area contributed by atoms with Gasteiger partial charge in [-0.3, -0.25) is 4.79 Å². The first-order chi connectivity index (χ1) is 7.54. The van der Waals surface area contributed by atoms with Gasteiger partial charge in [0.05, 0.1) is 10.0 Å². The van der Waals surface area contributed by atoms with Crippen LogP contribution in [-0.2, 0) is 4.79 Å². The van der Waals surface area contributed by atoms with Gasteiger partial charge in [-0.05, 0) is 25.2 Å². The van der Waals surface area contributed by atoms with Crippen LogP contribution in [0.15, 0.2) is 18.2 Å². The number of hydrogen-bond donors (Lipinski definition) is 2. The van der Waals surface area contributed by atoms with E-state index >= 15 is 0 Å². The normalized spacial score (nSPS) is 12.2. The summed E-state index contributed by atoms with van der Waals surface area (Å²) >= 11 is 11.6. The summed E-state index contributed by atoms with van der Waals surface area (Å²) in [5.41, 5.74) is 0.655. The Morgan fingerprint density at radius 3 is 2.62 bits per heavy atom. The van der Waals surface area contributed by atoms with E-state index in [1.807, 2.05) is 14.0 Å². The molecule has 0 bridgehead atoms. The summed E-state index contributed by atoms with van der Waals surface area (Å²) in [5, 5.41) is 6.63. The van der Waals surface area contributed by atoms with Crippen molar-refractivity contribution in [1.82, 2.24) is 5.32 Å². The van der Waals surface area contributed by atoms with E-state index in [9.17, 15) is 4.79 Å². The lowest BCUT2D eigenvalue weighted by Crippen LogP contribution is -2.28. The van der Waals surface area contributed by atoms with Gasteiger partial charge in [0, 0.05) is 18.2 Å². The van der Waals surface area contributed by atoms with Crippen LogP contribution in [0.1, 0.15) is 6.92 Å². The molecule has 0 aromatic heterocycles. The van der Waals surface area contributed by atoms with E-state index in [1.165, 1.54) is 0 Å². The molecule has 5 heteroatoms. The predicted octanol–water partition coefficient (Wildman–Crippen LogP) is 2.79. The Balaban J connectivity index is 2.66. The van der Waals surface area contributed by atoms with E-state index in [-0.39, 0.29) is 11.8 Å². The van der Waals surface area contributed by atoms with Gasteiger partial charge in [-0.25, -0.2) is 0 Å². The molecule has 0 saturated carbocycles. The van der Waals surface area contributed by atoms with E-state index in [4.69, 9.17) is 23.2 Å². The zero-order valence-electron chi connectivity index (χ0n) is 9.18. The van der Waals surface area contributed by atoms with Gasteiger partial charge in [0.1, 0.15) is 0 Å². The van der Waals surface area contributed by atoms with Crippen molar-refractivity contribution in [3.8, 4) is 0 Å². The van der Waals surface area contributed by atoms with Crippen molar-refractivity contribution in [1.29, 1.82) is 0 Å². The van der Waals surface area contributed by atoms with E-state index in [2.05, 4.69) is 10.6 Å². The first-order valence-electron chi connectivity index (χ1n) is 4.95. The molecule has 1 amide bonds. The fourth-order valence-electron chi connectivity index (χ4n) is 1.24. The van der Waals surface area contributed by atoms with Crippen molar-refractivity contribution in [3.63, 3.8) is 0 Å². The topological polar surface area (TPSA) is 41.1 Å². The third kappa shape index (κ3) is 3.67. The van der Waals surface area contributed by atoms with Crippen LogP contribution in [-0.4, -0.2) is 19.5 Å². The summed E-state index contributed by atoms with van der Waals surface area (Å²) in [6, 6.07) is 5.01. The average molecular weight is 261 g/mol. The van der Waals surface area contributed by atoms with Crippen LogP contribution in [0.25, 0.3) is 0 Å². The van der Waals surface area contributed by atoms with Crippen LogP contribution in [0.3, 0.4) is 0 Å². The summed E-state index contributed by atoms with van der Waals surface area (Å²) in [6.07, 6.45) is 0. The number of anilines is 1. The van der Waals surface area contributed by atoms with Gasteiger partial charge in [0.15, 0.2) is 0 Å². The molecule has 0 radical (unpaired) electrons. The highest BCUT2D eigenvalue weighted by Gasteiger charge is 2.12. The minimum atomic E-state index is -0.0977. The fraction of sp³-hybridized carbons (Fsp3) is 0.364.